The smallest absolute Gasteiger partial charge is 0.326 e. The number of rotatable bonds is 5. The summed E-state index contributed by atoms with van der Waals surface area (Å²) in [5.74, 6) is -0.181. The topological polar surface area (TPSA) is 136 Å². The van der Waals surface area contributed by atoms with Crippen molar-refractivity contribution in [1.29, 1.82) is 0 Å². The van der Waals surface area contributed by atoms with Gasteiger partial charge in [-0.05, 0) is 43.0 Å². The van der Waals surface area contributed by atoms with Gasteiger partial charge in [-0.15, -0.1) is 0 Å². The molecule has 4 aromatic rings. The molecule has 3 heterocycles. The van der Waals surface area contributed by atoms with E-state index in [0.717, 1.165) is 18.4 Å². The fourth-order valence-corrected chi connectivity index (χ4v) is 3.16. The molecule has 1 aliphatic rings. The highest BCUT2D eigenvalue weighted by Crippen LogP contribution is 2.22. The third kappa shape index (κ3) is 3.89. The summed E-state index contributed by atoms with van der Waals surface area (Å²) >= 11 is 0. The molecule has 10 nitrogen and oxygen atoms in total. The minimum Gasteiger partial charge on any atom is -0.493 e. The molecule has 158 valence electrons. The van der Waals surface area contributed by atoms with E-state index in [9.17, 15) is 14.3 Å². The monoisotopic (exact) mass is 422 g/mol. The number of nitrogens with one attached hydrogen (secondary N) is 3. The third-order valence-corrected chi connectivity index (χ3v) is 4.93. The molecule has 0 amide bonds. The largest absolute Gasteiger partial charge is 0.493 e. The van der Waals surface area contributed by atoms with Crippen LogP contribution in [-0.4, -0.2) is 40.7 Å². The lowest BCUT2D eigenvalue weighted by atomic mass is 10.1. The van der Waals surface area contributed by atoms with E-state index in [1.54, 1.807) is 31.3 Å². The van der Waals surface area contributed by atoms with Crippen molar-refractivity contribution in [3.63, 3.8) is 0 Å². The molecule has 1 aromatic carbocycles. The maximum Gasteiger partial charge on any atom is 0.326 e. The standard InChI is InChI=1S/C20H19FN8O2/c1-10-6-11(2-5-14(10)21)8-22-18-26-16-12(7-15-17(30)27-20(31)25-15)9-23-29(16)19(28-18)24-13-3-4-13/h2,5-7,9,13,30H,3-4,8H2,1H3,(H,22,24,28)(H2,25,27,31). The molecule has 11 heteroatoms. The fourth-order valence-electron chi connectivity index (χ4n) is 3.16. The Bertz CT molecular complexity index is 1460. The van der Waals surface area contributed by atoms with Gasteiger partial charge in [-0.1, -0.05) is 12.1 Å². The highest BCUT2D eigenvalue weighted by atomic mass is 19.1. The zero-order valence-corrected chi connectivity index (χ0v) is 16.6. The van der Waals surface area contributed by atoms with Crippen LogP contribution in [0.2, 0.25) is 0 Å². The predicted octanol–water partition coefficient (Wildman–Crippen LogP) is 0.517. The first-order chi connectivity index (χ1) is 15.0. The summed E-state index contributed by atoms with van der Waals surface area (Å²) in [7, 11) is 0. The van der Waals surface area contributed by atoms with Crippen molar-refractivity contribution in [2.45, 2.75) is 32.4 Å². The third-order valence-electron chi connectivity index (χ3n) is 4.93. The molecule has 1 fully saturated rings. The molecular weight excluding hydrogens is 403 g/mol. The number of hydrogen-bond acceptors (Lipinski definition) is 7. The molecule has 0 unspecified atom stereocenters. The zero-order chi connectivity index (χ0) is 21.5. The van der Waals surface area contributed by atoms with Gasteiger partial charge in [-0.3, -0.25) is 4.98 Å². The molecule has 0 aliphatic heterocycles. The number of halogens is 1. The van der Waals surface area contributed by atoms with Crippen molar-refractivity contribution in [3.05, 3.63) is 68.4 Å². The van der Waals surface area contributed by atoms with Gasteiger partial charge in [-0.2, -0.15) is 19.6 Å². The van der Waals surface area contributed by atoms with Crippen molar-refractivity contribution in [3.8, 4) is 5.88 Å². The first-order valence-electron chi connectivity index (χ1n) is 9.78. The summed E-state index contributed by atoms with van der Waals surface area (Å²) in [6.07, 6.45) is 5.13. The second kappa shape index (κ2) is 7.35. The molecule has 0 radical (unpaired) electrons. The molecule has 31 heavy (non-hydrogen) atoms. The van der Waals surface area contributed by atoms with Crippen LogP contribution in [0.25, 0.3) is 11.7 Å². The highest BCUT2D eigenvalue weighted by Gasteiger charge is 2.21. The summed E-state index contributed by atoms with van der Waals surface area (Å²) in [4.78, 5) is 29.8. The Balaban J connectivity index is 1.57. The number of aromatic hydroxyl groups is 1. The highest BCUT2D eigenvalue weighted by molar-refractivity contribution is 5.57. The average Bonchev–Trinajstić information content (AvgIpc) is 3.37. The first kappa shape index (κ1) is 19.0. The number of hydrogen-bond donors (Lipinski definition) is 4. The molecule has 1 aliphatic carbocycles. The van der Waals surface area contributed by atoms with Crippen molar-refractivity contribution >= 4 is 17.7 Å². The van der Waals surface area contributed by atoms with Gasteiger partial charge >= 0.3 is 5.69 Å². The summed E-state index contributed by atoms with van der Waals surface area (Å²) in [5.41, 5.74) is 2.03. The predicted molar refractivity (Wildman–Crippen MR) is 110 cm³/mol. The Morgan fingerprint density at radius 3 is 2.90 bits per heavy atom. The van der Waals surface area contributed by atoms with Crippen LogP contribution in [0.5, 0.6) is 5.88 Å². The number of benzene rings is 1. The van der Waals surface area contributed by atoms with Gasteiger partial charge < -0.3 is 15.4 Å². The van der Waals surface area contributed by atoms with Crippen LogP contribution >= 0.6 is 0 Å². The number of aromatic nitrogens is 6. The minimum atomic E-state index is -0.517. The van der Waals surface area contributed by atoms with E-state index >= 15 is 0 Å². The first-order valence-corrected chi connectivity index (χ1v) is 9.78. The Kier molecular flexibility index (Phi) is 4.50. The molecule has 0 spiro atoms. The number of fused-ring (bicyclic) bond motifs is 1. The lowest BCUT2D eigenvalue weighted by Gasteiger charge is -2.07. The van der Waals surface area contributed by atoms with E-state index in [-0.39, 0.29) is 23.4 Å². The van der Waals surface area contributed by atoms with Crippen LogP contribution in [0.15, 0.2) is 34.2 Å². The van der Waals surface area contributed by atoms with Crippen molar-refractivity contribution < 1.29 is 9.50 Å². The van der Waals surface area contributed by atoms with Gasteiger partial charge in [0.15, 0.2) is 5.65 Å². The summed E-state index contributed by atoms with van der Waals surface area (Å²) in [5, 5.41) is 17.9. The molecule has 0 saturated heterocycles. The van der Waals surface area contributed by atoms with Gasteiger partial charge in [0.25, 0.3) is 5.62 Å². The number of nitrogens with zero attached hydrogens (tertiary/aromatic N) is 5. The molecular formula is C20H19FN8O2. The summed E-state index contributed by atoms with van der Waals surface area (Å²) in [6.45, 7) is 2.11. The fraction of sp³-hybridized carbons (Fsp3) is 0.250. The van der Waals surface area contributed by atoms with Crippen molar-refractivity contribution in [2.24, 2.45) is 4.99 Å². The lowest BCUT2D eigenvalue weighted by Crippen LogP contribution is -2.24. The number of anilines is 1. The molecule has 0 atom stereocenters. The van der Waals surface area contributed by atoms with E-state index < -0.39 is 5.69 Å². The van der Waals surface area contributed by atoms with Crippen LogP contribution in [0.3, 0.4) is 0 Å². The van der Waals surface area contributed by atoms with Crippen LogP contribution in [0.4, 0.5) is 10.3 Å². The number of aromatic amines is 2. The van der Waals surface area contributed by atoms with Crippen LogP contribution in [0.1, 0.15) is 29.7 Å². The van der Waals surface area contributed by atoms with E-state index in [0.29, 0.717) is 34.5 Å². The summed E-state index contributed by atoms with van der Waals surface area (Å²) < 4.78 is 15.0. The quantitative estimate of drug-likeness (QED) is 0.370. The van der Waals surface area contributed by atoms with Gasteiger partial charge in [0.2, 0.25) is 11.8 Å². The van der Waals surface area contributed by atoms with Gasteiger partial charge in [0.1, 0.15) is 11.5 Å². The van der Waals surface area contributed by atoms with Crippen LogP contribution in [-0.2, 0) is 6.54 Å². The number of aryl methyl sites for hydroxylation is 1. The molecule has 3 aromatic heterocycles. The van der Waals surface area contributed by atoms with Crippen molar-refractivity contribution in [1.82, 2.24) is 29.5 Å². The average molecular weight is 422 g/mol. The maximum atomic E-state index is 13.5. The summed E-state index contributed by atoms with van der Waals surface area (Å²) in [6, 6.07) is 5.11. The molecule has 4 N–H and O–H groups in total. The maximum absolute atomic E-state index is 13.5. The second-order valence-corrected chi connectivity index (χ2v) is 7.47. The second-order valence-electron chi connectivity index (χ2n) is 7.47. The van der Waals surface area contributed by atoms with E-state index in [1.165, 1.54) is 10.6 Å². The van der Waals surface area contributed by atoms with E-state index in [2.05, 4.69) is 35.3 Å². The zero-order valence-electron chi connectivity index (χ0n) is 16.6. The number of imidazole rings is 1. The van der Waals surface area contributed by atoms with Gasteiger partial charge in [0, 0.05) is 11.8 Å². The number of H-pyrrole nitrogens is 2. The minimum absolute atomic E-state index is 0.215. The Morgan fingerprint density at radius 1 is 1.35 bits per heavy atom. The van der Waals surface area contributed by atoms with Crippen LogP contribution < -0.4 is 21.8 Å². The Morgan fingerprint density at radius 2 is 2.19 bits per heavy atom. The van der Waals surface area contributed by atoms with Crippen molar-refractivity contribution in [2.75, 3.05) is 5.32 Å². The van der Waals surface area contributed by atoms with Gasteiger partial charge in [-0.25, -0.2) is 14.2 Å². The Hall–Kier alpha value is -4.02. The van der Waals surface area contributed by atoms with Gasteiger partial charge in [0.05, 0.1) is 12.2 Å². The van der Waals surface area contributed by atoms with Crippen LogP contribution in [0, 0.1) is 12.7 Å². The molecule has 0 bridgehead atoms. The molecule has 5 rings (SSSR count). The SMILES string of the molecule is Cc1cc(CNc2nc(=NC3CC3)n3ncc(=Cc4[nH]c(=O)[nH]c4O)c3n2)ccc1F. The lowest BCUT2D eigenvalue weighted by molar-refractivity contribution is 0.454. The van der Waals surface area contributed by atoms with E-state index in [1.807, 2.05) is 0 Å². The van der Waals surface area contributed by atoms with E-state index in [4.69, 9.17) is 0 Å². The Labute approximate surface area is 174 Å². The molecule has 1 saturated carbocycles. The normalized spacial score (nSPS) is 15.2.